The average Bonchev–Trinajstić information content (AvgIpc) is 2.36. The standard InChI is InChI=1S/C16H24N2O3/c1-5-6-9-13(19)11-12-8-7-10-17-14(12)18-15(20)21-16(2,3)4/h7-8,10H,5-6,9,11H2,1-4H3,(H,17,18,20). The van der Waals surface area contributed by atoms with E-state index in [0.29, 0.717) is 17.8 Å². The summed E-state index contributed by atoms with van der Waals surface area (Å²) in [5.74, 6) is 0.536. The Morgan fingerprint density at radius 2 is 2.05 bits per heavy atom. The number of ether oxygens (including phenoxy) is 1. The molecule has 0 aliphatic heterocycles. The minimum absolute atomic E-state index is 0.150. The van der Waals surface area contributed by atoms with Crippen molar-refractivity contribution in [3.63, 3.8) is 0 Å². The number of carbonyl (C=O) groups excluding carboxylic acids is 2. The molecule has 21 heavy (non-hydrogen) atoms. The number of nitrogens with zero attached hydrogens (tertiary/aromatic N) is 1. The molecule has 0 fully saturated rings. The largest absolute Gasteiger partial charge is 0.444 e. The van der Waals surface area contributed by atoms with Gasteiger partial charge in [-0.2, -0.15) is 0 Å². The Labute approximate surface area is 126 Å². The monoisotopic (exact) mass is 292 g/mol. The zero-order chi connectivity index (χ0) is 15.9. The van der Waals surface area contributed by atoms with Crippen LogP contribution in [0.25, 0.3) is 0 Å². The fourth-order valence-corrected chi connectivity index (χ4v) is 1.77. The third kappa shape index (κ3) is 6.88. The first-order chi connectivity index (χ1) is 9.81. The quantitative estimate of drug-likeness (QED) is 0.867. The molecule has 0 aliphatic carbocycles. The van der Waals surface area contributed by atoms with Gasteiger partial charge in [0.15, 0.2) is 0 Å². The average molecular weight is 292 g/mol. The Kier molecular flexibility index (Phi) is 6.34. The Hall–Kier alpha value is -1.91. The fraction of sp³-hybridized carbons (Fsp3) is 0.562. The molecule has 0 bridgehead atoms. The number of ketones is 1. The number of hydrogen-bond acceptors (Lipinski definition) is 4. The maximum absolute atomic E-state index is 11.9. The molecule has 1 aromatic heterocycles. The van der Waals surface area contributed by atoms with Gasteiger partial charge in [-0.25, -0.2) is 9.78 Å². The number of aromatic nitrogens is 1. The van der Waals surface area contributed by atoms with Crippen molar-refractivity contribution in [2.75, 3.05) is 5.32 Å². The van der Waals surface area contributed by atoms with Gasteiger partial charge in [0.25, 0.3) is 0 Å². The number of pyridine rings is 1. The Balaban J connectivity index is 2.71. The van der Waals surface area contributed by atoms with Crippen LogP contribution in [-0.4, -0.2) is 22.5 Å². The molecule has 0 spiro atoms. The summed E-state index contributed by atoms with van der Waals surface area (Å²) in [6.45, 7) is 7.42. The summed E-state index contributed by atoms with van der Waals surface area (Å²) in [5, 5.41) is 2.60. The highest BCUT2D eigenvalue weighted by atomic mass is 16.6. The van der Waals surface area contributed by atoms with Gasteiger partial charge in [-0.05, 0) is 33.3 Å². The van der Waals surface area contributed by atoms with E-state index in [1.54, 1.807) is 39.1 Å². The van der Waals surface area contributed by atoms with Crippen molar-refractivity contribution in [1.82, 2.24) is 4.98 Å². The minimum atomic E-state index is -0.573. The van der Waals surface area contributed by atoms with Crippen LogP contribution in [0, 0.1) is 0 Å². The lowest BCUT2D eigenvalue weighted by Crippen LogP contribution is -2.28. The third-order valence-corrected chi connectivity index (χ3v) is 2.71. The Bertz CT molecular complexity index is 493. The van der Waals surface area contributed by atoms with Gasteiger partial charge in [0.1, 0.15) is 17.2 Å². The van der Waals surface area contributed by atoms with Gasteiger partial charge in [0.2, 0.25) is 0 Å². The third-order valence-electron chi connectivity index (χ3n) is 2.71. The van der Waals surface area contributed by atoms with E-state index >= 15 is 0 Å². The topological polar surface area (TPSA) is 68.3 Å². The normalized spacial score (nSPS) is 11.0. The van der Waals surface area contributed by atoms with Crippen LogP contribution in [0.4, 0.5) is 10.6 Å². The summed E-state index contributed by atoms with van der Waals surface area (Å²) in [5.41, 5.74) is 0.139. The molecular weight excluding hydrogens is 268 g/mol. The summed E-state index contributed by atoms with van der Waals surface area (Å²) in [6, 6.07) is 3.55. The van der Waals surface area contributed by atoms with Crippen molar-refractivity contribution in [1.29, 1.82) is 0 Å². The lowest BCUT2D eigenvalue weighted by molar-refractivity contribution is -0.118. The van der Waals surface area contributed by atoms with Crippen LogP contribution in [0.5, 0.6) is 0 Å². The molecule has 0 saturated carbocycles. The predicted octanol–water partition coefficient (Wildman–Crippen LogP) is 3.73. The van der Waals surface area contributed by atoms with Crippen molar-refractivity contribution in [3.8, 4) is 0 Å². The van der Waals surface area contributed by atoms with Gasteiger partial charge in [-0.1, -0.05) is 19.4 Å². The van der Waals surface area contributed by atoms with Crippen molar-refractivity contribution >= 4 is 17.7 Å². The number of hydrogen-bond donors (Lipinski definition) is 1. The number of nitrogens with one attached hydrogen (secondary N) is 1. The lowest BCUT2D eigenvalue weighted by Gasteiger charge is -2.20. The highest BCUT2D eigenvalue weighted by Crippen LogP contribution is 2.16. The van der Waals surface area contributed by atoms with E-state index in [-0.39, 0.29) is 12.2 Å². The van der Waals surface area contributed by atoms with E-state index in [4.69, 9.17) is 4.74 Å². The molecule has 0 radical (unpaired) electrons. The van der Waals surface area contributed by atoms with Crippen LogP contribution in [0.15, 0.2) is 18.3 Å². The van der Waals surface area contributed by atoms with Gasteiger partial charge < -0.3 is 4.74 Å². The van der Waals surface area contributed by atoms with Crippen LogP contribution in [0.1, 0.15) is 52.5 Å². The summed E-state index contributed by atoms with van der Waals surface area (Å²) < 4.78 is 5.19. The summed E-state index contributed by atoms with van der Waals surface area (Å²) in [7, 11) is 0. The van der Waals surface area contributed by atoms with Gasteiger partial charge in [0.05, 0.1) is 0 Å². The Morgan fingerprint density at radius 1 is 1.33 bits per heavy atom. The minimum Gasteiger partial charge on any atom is -0.444 e. The van der Waals surface area contributed by atoms with Gasteiger partial charge in [-0.15, -0.1) is 0 Å². The van der Waals surface area contributed by atoms with Gasteiger partial charge in [-0.3, -0.25) is 10.1 Å². The molecule has 116 valence electrons. The number of carbonyl (C=O) groups is 2. The summed E-state index contributed by atoms with van der Waals surface area (Å²) >= 11 is 0. The molecule has 0 aromatic carbocycles. The number of unbranched alkanes of at least 4 members (excludes halogenated alkanes) is 1. The number of amides is 1. The predicted molar refractivity (Wildman–Crippen MR) is 82.3 cm³/mol. The molecule has 1 N–H and O–H groups in total. The molecule has 1 aromatic rings. The maximum atomic E-state index is 11.9. The van der Waals surface area contributed by atoms with Crippen molar-refractivity contribution in [3.05, 3.63) is 23.9 Å². The van der Waals surface area contributed by atoms with Crippen molar-refractivity contribution < 1.29 is 14.3 Å². The first-order valence-corrected chi connectivity index (χ1v) is 7.27. The van der Waals surface area contributed by atoms with Crippen LogP contribution >= 0.6 is 0 Å². The van der Waals surface area contributed by atoms with E-state index in [0.717, 1.165) is 12.8 Å². The molecule has 0 saturated heterocycles. The van der Waals surface area contributed by atoms with E-state index in [2.05, 4.69) is 10.3 Å². The second-order valence-electron chi connectivity index (χ2n) is 5.96. The summed E-state index contributed by atoms with van der Waals surface area (Å²) in [6.07, 6.45) is 3.71. The van der Waals surface area contributed by atoms with E-state index in [1.807, 2.05) is 6.92 Å². The number of rotatable bonds is 6. The molecule has 0 atom stereocenters. The van der Waals surface area contributed by atoms with Crippen LogP contribution < -0.4 is 5.32 Å². The van der Waals surface area contributed by atoms with Crippen LogP contribution in [0.3, 0.4) is 0 Å². The molecule has 0 aliphatic rings. The van der Waals surface area contributed by atoms with Crippen LogP contribution in [0.2, 0.25) is 0 Å². The number of Topliss-reactive ketones (excluding diaryl/α,β-unsaturated/α-hetero) is 1. The lowest BCUT2D eigenvalue weighted by atomic mass is 10.1. The molecule has 1 heterocycles. The molecule has 5 heteroatoms. The zero-order valence-corrected chi connectivity index (χ0v) is 13.2. The van der Waals surface area contributed by atoms with E-state index < -0.39 is 11.7 Å². The zero-order valence-electron chi connectivity index (χ0n) is 13.2. The summed E-state index contributed by atoms with van der Waals surface area (Å²) in [4.78, 5) is 27.8. The Morgan fingerprint density at radius 3 is 2.67 bits per heavy atom. The van der Waals surface area contributed by atoms with Crippen molar-refractivity contribution in [2.45, 2.75) is 59.0 Å². The van der Waals surface area contributed by atoms with E-state index in [9.17, 15) is 9.59 Å². The molecule has 5 nitrogen and oxygen atoms in total. The van der Waals surface area contributed by atoms with E-state index in [1.165, 1.54) is 0 Å². The SMILES string of the molecule is CCCCC(=O)Cc1cccnc1NC(=O)OC(C)(C)C. The smallest absolute Gasteiger partial charge is 0.413 e. The fourth-order valence-electron chi connectivity index (χ4n) is 1.77. The van der Waals surface area contributed by atoms with Crippen LogP contribution in [-0.2, 0) is 16.0 Å². The van der Waals surface area contributed by atoms with Crippen molar-refractivity contribution in [2.24, 2.45) is 0 Å². The maximum Gasteiger partial charge on any atom is 0.413 e. The number of anilines is 1. The first-order valence-electron chi connectivity index (χ1n) is 7.27. The molecule has 1 amide bonds. The second-order valence-corrected chi connectivity index (χ2v) is 5.96. The molecule has 1 rings (SSSR count). The highest BCUT2D eigenvalue weighted by Gasteiger charge is 2.18. The van der Waals surface area contributed by atoms with Gasteiger partial charge in [0, 0.05) is 24.6 Å². The molecular formula is C16H24N2O3. The molecule has 0 unspecified atom stereocenters. The highest BCUT2D eigenvalue weighted by molar-refractivity contribution is 5.87. The second kappa shape index (κ2) is 7.76. The van der Waals surface area contributed by atoms with Gasteiger partial charge >= 0.3 is 6.09 Å². The first kappa shape index (κ1) is 17.1.